The number of nitrogens with zero attached hydrogens (tertiary/aromatic N) is 2. The fourth-order valence-electron chi connectivity index (χ4n) is 5.52. The topological polar surface area (TPSA) is 92.1 Å². The number of aliphatic hydroxyl groups is 1. The van der Waals surface area contributed by atoms with Crippen molar-refractivity contribution in [2.24, 2.45) is 5.41 Å². The second kappa shape index (κ2) is 13.7. The highest BCUT2D eigenvalue weighted by Gasteiger charge is 2.37. The first-order valence-electron chi connectivity index (χ1n) is 13.3. The van der Waals surface area contributed by atoms with Crippen LogP contribution >= 0.6 is 23.4 Å². The highest BCUT2D eigenvalue weighted by atomic mass is 35.5. The van der Waals surface area contributed by atoms with Gasteiger partial charge in [0.25, 0.3) is 0 Å². The monoisotopic (exact) mass is 572 g/mol. The minimum absolute atomic E-state index is 0.107. The van der Waals surface area contributed by atoms with Crippen molar-refractivity contribution in [3.8, 4) is 11.5 Å². The van der Waals surface area contributed by atoms with Crippen molar-refractivity contribution in [3.05, 3.63) is 59.2 Å². The number of halogens is 1. The van der Waals surface area contributed by atoms with Crippen molar-refractivity contribution >= 4 is 40.2 Å². The van der Waals surface area contributed by atoms with Crippen molar-refractivity contribution in [1.29, 1.82) is 0 Å². The number of para-hydroxylation sites is 1. The van der Waals surface area contributed by atoms with E-state index in [9.17, 15) is 15.0 Å². The Morgan fingerprint density at radius 2 is 1.95 bits per heavy atom. The molecule has 0 aliphatic carbocycles. The molecule has 3 aromatic rings. The number of carboxylic acids is 1. The molecule has 210 valence electrons. The summed E-state index contributed by atoms with van der Waals surface area (Å²) in [5.41, 5.74) is 1.00. The van der Waals surface area contributed by atoms with Crippen LogP contribution in [0, 0.1) is 5.41 Å². The fraction of sp³-hybridized carbons (Fsp3) is 0.467. The normalized spacial score (nSPS) is 16.2. The Labute approximate surface area is 239 Å². The van der Waals surface area contributed by atoms with Crippen LogP contribution in [0.25, 0.3) is 10.9 Å². The van der Waals surface area contributed by atoms with Gasteiger partial charge >= 0.3 is 5.97 Å². The highest BCUT2D eigenvalue weighted by molar-refractivity contribution is 7.99. The zero-order valence-electron chi connectivity index (χ0n) is 22.6. The van der Waals surface area contributed by atoms with Crippen LogP contribution in [-0.2, 0) is 4.79 Å². The molecule has 4 rings (SSSR count). The Morgan fingerprint density at radius 3 is 2.67 bits per heavy atom. The van der Waals surface area contributed by atoms with E-state index in [0.717, 1.165) is 66.2 Å². The predicted octanol–water partition coefficient (Wildman–Crippen LogP) is 6.46. The molecular weight excluding hydrogens is 536 g/mol. The standard InChI is InChI=1S/C30H37ClN2O5S/c1-37-21-8-9-24-22(18-21)29(23(31)20-32-24)25(34)10-11-30(19-28(35)36)12-15-33(16-13-30)14-5-17-39-27-7-4-3-6-26(27)38-2/h3-4,6-9,18,20,25,34H,5,10-17,19H2,1-2H3,(H,35,36)/t25-/m0/s1. The predicted molar refractivity (Wildman–Crippen MR) is 156 cm³/mol. The van der Waals surface area contributed by atoms with E-state index >= 15 is 0 Å². The lowest BCUT2D eigenvalue weighted by molar-refractivity contribution is -0.141. The van der Waals surface area contributed by atoms with E-state index < -0.39 is 12.1 Å². The van der Waals surface area contributed by atoms with E-state index in [1.807, 2.05) is 36.4 Å². The molecule has 0 amide bonds. The first kappa shape index (κ1) is 29.5. The summed E-state index contributed by atoms with van der Waals surface area (Å²) in [6.07, 6.45) is 4.52. The average molecular weight is 573 g/mol. The second-order valence-electron chi connectivity index (χ2n) is 10.2. The van der Waals surface area contributed by atoms with Crippen molar-refractivity contribution < 1.29 is 24.5 Å². The van der Waals surface area contributed by atoms with Crippen molar-refractivity contribution in [1.82, 2.24) is 9.88 Å². The molecular formula is C30H37ClN2O5S. The number of aromatic nitrogens is 1. The number of carbonyl (C=O) groups is 1. The number of hydrogen-bond acceptors (Lipinski definition) is 7. The number of methoxy groups -OCH3 is 2. The number of pyridine rings is 1. The molecule has 0 bridgehead atoms. The van der Waals surface area contributed by atoms with Crippen molar-refractivity contribution in [2.45, 2.75) is 49.5 Å². The molecule has 1 aliphatic rings. The molecule has 0 saturated carbocycles. The van der Waals surface area contributed by atoms with E-state index in [2.05, 4.69) is 16.0 Å². The number of ether oxygens (including phenoxy) is 2. The SMILES string of the molecule is COc1ccc2ncc(Cl)c([C@@H](O)CCC3(CC(=O)O)CCN(CCCSc4ccccc4OC)CC3)c2c1. The number of piperidine rings is 1. The number of hydrogen-bond donors (Lipinski definition) is 2. The van der Waals surface area contributed by atoms with E-state index in [1.54, 1.807) is 32.2 Å². The van der Waals surface area contributed by atoms with Gasteiger partial charge < -0.3 is 24.6 Å². The van der Waals surface area contributed by atoms with E-state index in [0.29, 0.717) is 29.2 Å². The smallest absolute Gasteiger partial charge is 0.303 e. The summed E-state index contributed by atoms with van der Waals surface area (Å²) in [5.74, 6) is 1.77. The molecule has 1 aromatic heterocycles. The maximum Gasteiger partial charge on any atom is 0.303 e. The lowest BCUT2D eigenvalue weighted by Gasteiger charge is -2.41. The van der Waals surface area contributed by atoms with Crippen LogP contribution in [0.5, 0.6) is 11.5 Å². The van der Waals surface area contributed by atoms with Crippen LogP contribution < -0.4 is 9.47 Å². The van der Waals surface area contributed by atoms with Gasteiger partial charge in [-0.25, -0.2) is 0 Å². The van der Waals surface area contributed by atoms with Crippen LogP contribution in [-0.4, -0.2) is 65.7 Å². The zero-order chi connectivity index (χ0) is 27.8. The Kier molecular flexibility index (Phi) is 10.4. The van der Waals surface area contributed by atoms with E-state index in [1.165, 1.54) is 0 Å². The van der Waals surface area contributed by atoms with Gasteiger partial charge in [0.1, 0.15) is 11.5 Å². The molecule has 1 saturated heterocycles. The summed E-state index contributed by atoms with van der Waals surface area (Å²) in [5, 5.41) is 22.1. The summed E-state index contributed by atoms with van der Waals surface area (Å²) < 4.78 is 10.8. The molecule has 1 fully saturated rings. The Balaban J connectivity index is 1.34. The molecule has 1 atom stereocenters. The van der Waals surface area contributed by atoms with Crippen molar-refractivity contribution in [3.63, 3.8) is 0 Å². The van der Waals surface area contributed by atoms with Crippen LogP contribution in [0.1, 0.15) is 50.2 Å². The number of rotatable bonds is 13. The Hall–Kier alpha value is -2.52. The molecule has 0 radical (unpaired) electrons. The Bertz CT molecular complexity index is 1270. The Morgan fingerprint density at radius 1 is 1.18 bits per heavy atom. The fourth-order valence-corrected chi connectivity index (χ4v) is 6.75. The zero-order valence-corrected chi connectivity index (χ0v) is 24.1. The van der Waals surface area contributed by atoms with E-state index in [4.69, 9.17) is 21.1 Å². The number of carboxylic acid groups (broad SMARTS) is 1. The molecule has 2 aromatic carbocycles. The summed E-state index contributed by atoms with van der Waals surface area (Å²) in [6, 6.07) is 13.6. The largest absolute Gasteiger partial charge is 0.497 e. The third-order valence-electron chi connectivity index (χ3n) is 7.74. The molecule has 1 aliphatic heterocycles. The average Bonchev–Trinajstić information content (AvgIpc) is 2.94. The molecule has 9 heteroatoms. The third kappa shape index (κ3) is 7.57. The van der Waals surface area contributed by atoms with Crippen LogP contribution in [0.3, 0.4) is 0 Å². The quantitative estimate of drug-likeness (QED) is 0.178. The lowest BCUT2D eigenvalue weighted by atomic mass is 9.71. The number of benzene rings is 2. The van der Waals surface area contributed by atoms with Gasteiger partial charge in [0, 0.05) is 22.0 Å². The molecule has 0 spiro atoms. The molecule has 2 heterocycles. The lowest BCUT2D eigenvalue weighted by Crippen LogP contribution is -2.41. The third-order valence-corrected chi connectivity index (χ3v) is 9.18. The number of aliphatic carboxylic acids is 1. The minimum Gasteiger partial charge on any atom is -0.497 e. The number of aliphatic hydroxyl groups excluding tert-OH is 1. The minimum atomic E-state index is -0.828. The van der Waals surface area contributed by atoms with Crippen LogP contribution in [0.4, 0.5) is 0 Å². The molecule has 2 N–H and O–H groups in total. The van der Waals surface area contributed by atoms with Gasteiger partial charge in [0.2, 0.25) is 0 Å². The molecule has 7 nitrogen and oxygen atoms in total. The van der Waals surface area contributed by atoms with E-state index in [-0.39, 0.29) is 11.8 Å². The van der Waals surface area contributed by atoms with Gasteiger partial charge in [-0.1, -0.05) is 23.7 Å². The van der Waals surface area contributed by atoms with Gasteiger partial charge in [-0.15, -0.1) is 11.8 Å². The number of thioether (sulfide) groups is 1. The maximum atomic E-state index is 11.8. The van der Waals surface area contributed by atoms with Gasteiger partial charge in [-0.3, -0.25) is 9.78 Å². The summed E-state index contributed by atoms with van der Waals surface area (Å²) >= 11 is 8.30. The first-order valence-corrected chi connectivity index (χ1v) is 14.7. The van der Waals surface area contributed by atoms with Crippen LogP contribution in [0.2, 0.25) is 5.02 Å². The summed E-state index contributed by atoms with van der Waals surface area (Å²) in [6.45, 7) is 2.70. The van der Waals surface area contributed by atoms with Gasteiger partial charge in [-0.05, 0) is 93.2 Å². The number of likely N-dealkylation sites (tertiary alicyclic amines) is 1. The summed E-state index contributed by atoms with van der Waals surface area (Å²) in [7, 11) is 3.29. The highest BCUT2D eigenvalue weighted by Crippen LogP contribution is 2.43. The molecule has 39 heavy (non-hydrogen) atoms. The summed E-state index contributed by atoms with van der Waals surface area (Å²) in [4.78, 5) is 19.8. The van der Waals surface area contributed by atoms with Gasteiger partial charge in [-0.2, -0.15) is 0 Å². The van der Waals surface area contributed by atoms with Crippen LogP contribution in [0.15, 0.2) is 53.6 Å². The second-order valence-corrected chi connectivity index (χ2v) is 11.8. The number of fused-ring (bicyclic) bond motifs is 1. The molecule has 0 unspecified atom stereocenters. The van der Waals surface area contributed by atoms with Gasteiger partial charge in [0.15, 0.2) is 0 Å². The van der Waals surface area contributed by atoms with Gasteiger partial charge in [0.05, 0.1) is 37.3 Å². The maximum absolute atomic E-state index is 11.8. The van der Waals surface area contributed by atoms with Crippen molar-refractivity contribution in [2.75, 3.05) is 39.6 Å². The first-order chi connectivity index (χ1) is 18.8.